The molecule has 3 aliphatic rings. The molecule has 0 bridgehead atoms. The van der Waals surface area contributed by atoms with Gasteiger partial charge in [0.05, 0.1) is 72.3 Å². The third-order valence-corrected chi connectivity index (χ3v) is 14.5. The number of sulfone groups is 2. The number of carbonyl (C=O) groups excluding carboxylic acids is 2. The number of nitrogen functional groups attached to an aromatic ring is 2. The fourth-order valence-corrected chi connectivity index (χ4v) is 9.22. The predicted molar refractivity (Wildman–Crippen MR) is 251 cm³/mol. The van der Waals surface area contributed by atoms with E-state index < -0.39 is 25.6 Å². The zero-order chi connectivity index (χ0) is 48.6. The molecule has 0 aromatic heterocycles. The highest BCUT2D eigenvalue weighted by Crippen LogP contribution is 2.31. The topological polar surface area (TPSA) is 250 Å². The third kappa shape index (κ3) is 18.7. The zero-order valence-corrected chi connectivity index (χ0v) is 41.4. The van der Waals surface area contributed by atoms with Gasteiger partial charge in [-0.05, 0) is 84.4 Å². The Morgan fingerprint density at radius 2 is 1.20 bits per heavy atom. The minimum Gasteiger partial charge on any atom is -0.496 e. The second-order valence-electron chi connectivity index (χ2n) is 15.1. The number of carboxylic acids is 1. The van der Waals surface area contributed by atoms with Gasteiger partial charge in [-0.2, -0.15) is 0 Å². The fourth-order valence-electron chi connectivity index (χ4n) is 7.16. The molecule has 0 saturated carbocycles. The number of methoxy groups -OCH3 is 2. The van der Waals surface area contributed by atoms with Gasteiger partial charge in [-0.1, -0.05) is 34.6 Å². The van der Waals surface area contributed by atoms with Crippen LogP contribution in [0.3, 0.4) is 0 Å². The highest BCUT2D eigenvalue weighted by atomic mass is 32.2. The van der Waals surface area contributed by atoms with Crippen molar-refractivity contribution < 1.29 is 55.3 Å². The van der Waals surface area contributed by atoms with Gasteiger partial charge >= 0.3 is 11.9 Å². The number of carboxylic acid groups (broad SMARTS) is 1. The predicted octanol–water partition coefficient (Wildman–Crippen LogP) is 4.45. The van der Waals surface area contributed by atoms with Crippen molar-refractivity contribution >= 4 is 48.9 Å². The van der Waals surface area contributed by atoms with Crippen LogP contribution in [-0.2, 0) is 33.9 Å². The van der Waals surface area contributed by atoms with Gasteiger partial charge in [0.2, 0.25) is 0 Å². The van der Waals surface area contributed by atoms with Gasteiger partial charge < -0.3 is 50.6 Å². The minimum atomic E-state index is -3.55. The van der Waals surface area contributed by atoms with Crippen molar-refractivity contribution in [3.05, 3.63) is 35.4 Å². The summed E-state index contributed by atoms with van der Waals surface area (Å²) in [6, 6.07) is 6.16. The molecule has 3 fully saturated rings. The van der Waals surface area contributed by atoms with Crippen LogP contribution in [0, 0.1) is 0 Å². The molecule has 0 radical (unpaired) electrons. The van der Waals surface area contributed by atoms with Gasteiger partial charge in [0.15, 0.2) is 19.7 Å². The van der Waals surface area contributed by atoms with E-state index in [1.54, 1.807) is 6.92 Å². The number of aromatic carboxylic acids is 1. The summed E-state index contributed by atoms with van der Waals surface area (Å²) in [5, 5.41) is 11.8. The fraction of sp³-hybridized carbons (Fsp3) is 0.659. The molecule has 366 valence electrons. The summed E-state index contributed by atoms with van der Waals surface area (Å²) in [5.74, 6) is -1.77. The van der Waals surface area contributed by atoms with Crippen molar-refractivity contribution in [2.45, 2.75) is 102 Å². The number of hydrogen-bond acceptors (Lipinski definition) is 16. The summed E-state index contributed by atoms with van der Waals surface area (Å²) in [5.41, 5.74) is 11.4. The van der Waals surface area contributed by atoms with Crippen LogP contribution in [0.1, 0.15) is 101 Å². The number of ether oxygens (including phenoxy) is 4. The number of nitrogens with two attached hydrogens (primary N) is 2. The maximum absolute atomic E-state index is 12.6. The lowest BCUT2D eigenvalue weighted by molar-refractivity contribution is -0.140. The van der Waals surface area contributed by atoms with Crippen LogP contribution >= 0.6 is 0 Å². The summed E-state index contributed by atoms with van der Waals surface area (Å²) in [4.78, 5) is 40.3. The molecule has 3 aliphatic heterocycles. The number of carbonyl (C=O) groups is 3. The molecule has 2 aromatic rings. The second-order valence-corrected chi connectivity index (χ2v) is 19.6. The van der Waals surface area contributed by atoms with Crippen molar-refractivity contribution in [1.82, 2.24) is 20.0 Å². The Hall–Kier alpha value is -4.21. The Morgan fingerprint density at radius 3 is 1.55 bits per heavy atom. The molecule has 3 saturated heterocycles. The maximum Gasteiger partial charge on any atom is 0.339 e. The molecule has 6 N–H and O–H groups in total. The van der Waals surface area contributed by atoms with Crippen molar-refractivity contribution in [2.24, 2.45) is 0 Å². The van der Waals surface area contributed by atoms with Crippen molar-refractivity contribution in [3.8, 4) is 11.5 Å². The number of amides is 1. The largest absolute Gasteiger partial charge is 0.496 e. The number of benzene rings is 2. The SMILES string of the molecule is CCN1CCC[C@@H]1CNC(=O)c1cc(S(=O)(=O)CC)c(N)cc1OC.CCOC(C)=O.CCS(=O)(=O)c1cc(C(=O)O)c(OC)cc1N.CC[C@H]1CCCN1CC.CN1CCOCC1. The van der Waals surface area contributed by atoms with Crippen LogP contribution in [0.5, 0.6) is 11.5 Å². The summed E-state index contributed by atoms with van der Waals surface area (Å²) < 4.78 is 67.3. The molecule has 2 aromatic carbocycles. The van der Waals surface area contributed by atoms with Crippen LogP contribution in [0.15, 0.2) is 34.1 Å². The lowest BCUT2D eigenvalue weighted by Gasteiger charge is -2.23. The Morgan fingerprint density at radius 1 is 0.750 bits per heavy atom. The maximum atomic E-state index is 12.6. The Balaban J connectivity index is 0.000000448. The average molecular weight is 945 g/mol. The van der Waals surface area contributed by atoms with E-state index in [1.807, 2.05) is 0 Å². The van der Waals surface area contributed by atoms with Crippen LogP contribution in [-0.4, -0.2) is 165 Å². The van der Waals surface area contributed by atoms with E-state index in [0.717, 1.165) is 64.3 Å². The molecule has 20 heteroatoms. The van der Waals surface area contributed by atoms with Crippen LogP contribution < -0.4 is 26.3 Å². The molecule has 0 unspecified atom stereocenters. The first-order chi connectivity index (χ1) is 30.2. The summed E-state index contributed by atoms with van der Waals surface area (Å²) in [7, 11) is -2.25. The van der Waals surface area contributed by atoms with E-state index in [2.05, 4.69) is 52.6 Å². The molecular formula is C44H76N6O12S2. The molecule has 0 aliphatic carbocycles. The molecule has 0 spiro atoms. The van der Waals surface area contributed by atoms with Crippen molar-refractivity contribution in [1.29, 1.82) is 0 Å². The summed E-state index contributed by atoms with van der Waals surface area (Å²) >= 11 is 0. The third-order valence-electron chi connectivity index (χ3n) is 10.9. The molecular weight excluding hydrogens is 869 g/mol. The molecule has 18 nitrogen and oxygen atoms in total. The molecule has 1 amide bonds. The highest BCUT2D eigenvalue weighted by Gasteiger charge is 2.26. The van der Waals surface area contributed by atoms with E-state index in [4.69, 9.17) is 30.8 Å². The van der Waals surface area contributed by atoms with Gasteiger partial charge in [0.1, 0.15) is 17.1 Å². The first-order valence-electron chi connectivity index (χ1n) is 22.0. The molecule has 3 heterocycles. The first kappa shape index (κ1) is 57.8. The van der Waals surface area contributed by atoms with Gasteiger partial charge in [-0.3, -0.25) is 14.5 Å². The van der Waals surface area contributed by atoms with Crippen molar-refractivity contribution in [2.75, 3.05) is 110 Å². The number of likely N-dealkylation sites (N-methyl/N-ethyl adjacent to an activating group) is 2. The van der Waals surface area contributed by atoms with E-state index in [-0.39, 0.29) is 67.2 Å². The average Bonchev–Trinajstić information content (AvgIpc) is 3.95. The summed E-state index contributed by atoms with van der Waals surface area (Å²) in [6.07, 6.45) is 6.37. The van der Waals surface area contributed by atoms with Gasteiger partial charge in [0, 0.05) is 50.8 Å². The Labute approximate surface area is 382 Å². The minimum absolute atomic E-state index is 0.0197. The zero-order valence-electron chi connectivity index (χ0n) is 39.7. The van der Waals surface area contributed by atoms with Gasteiger partial charge in [-0.25, -0.2) is 21.6 Å². The Bertz CT molecular complexity index is 1970. The molecule has 2 atom stereocenters. The number of nitrogens with one attached hydrogen (secondary N) is 1. The normalized spacial score (nSPS) is 17.7. The Kier molecular flexibility index (Phi) is 26.5. The van der Waals surface area contributed by atoms with Crippen LogP contribution in [0.25, 0.3) is 0 Å². The first-order valence-corrected chi connectivity index (χ1v) is 25.3. The van der Waals surface area contributed by atoms with Gasteiger partial charge in [0.25, 0.3) is 5.91 Å². The lowest BCUT2D eigenvalue weighted by Crippen LogP contribution is -2.40. The number of hydrogen-bond donors (Lipinski definition) is 4. The number of rotatable bonds is 14. The second kappa shape index (κ2) is 29.4. The van der Waals surface area contributed by atoms with E-state index in [1.165, 1.54) is 85.5 Å². The standard InChI is InChI=1S/C17H27N3O4S.C10H13NO5S.C8H17N.C5H11NO.C4H8O2/c1-4-20-8-6-7-12(20)11-19-17(21)13-9-16(25(22,23)5-2)14(18)10-15(13)24-3;1-3-17(14,15)9-4-6(10(12)13)8(16-2)5-7(9)11;1-3-8-6-5-7-9(8)4-2;1-6-2-4-7-5-3-6;1-3-6-4(2)5/h9-10,12H,4-8,11,18H2,1-3H3,(H,19,21);4-5H,3,11H2,1-2H3,(H,12,13);8H,3-7H2,1-2H3;2-5H2,1H3;3H2,1-2H3/t12-;;8-;;/m1.0../s1. The van der Waals surface area contributed by atoms with E-state index >= 15 is 0 Å². The molecule has 64 heavy (non-hydrogen) atoms. The quantitative estimate of drug-likeness (QED) is 0.151. The number of likely N-dealkylation sites (tertiary alicyclic amines) is 2. The number of esters is 1. The molecule has 5 rings (SSSR count). The number of nitrogens with zero attached hydrogens (tertiary/aromatic N) is 3. The monoisotopic (exact) mass is 944 g/mol. The smallest absolute Gasteiger partial charge is 0.339 e. The highest BCUT2D eigenvalue weighted by molar-refractivity contribution is 7.91. The summed E-state index contributed by atoms with van der Waals surface area (Å²) in [6.45, 7) is 22.4. The number of morpholine rings is 1. The van der Waals surface area contributed by atoms with Gasteiger partial charge in [-0.15, -0.1) is 0 Å². The van der Waals surface area contributed by atoms with E-state index in [9.17, 15) is 31.2 Å². The van der Waals surface area contributed by atoms with Crippen LogP contribution in [0.4, 0.5) is 11.4 Å². The lowest BCUT2D eigenvalue weighted by atomic mass is 10.1. The van der Waals surface area contributed by atoms with Crippen LogP contribution in [0.2, 0.25) is 0 Å². The van der Waals surface area contributed by atoms with Crippen molar-refractivity contribution in [3.63, 3.8) is 0 Å². The van der Waals surface area contributed by atoms with E-state index in [0.29, 0.717) is 19.2 Å². The number of anilines is 2.